The number of nitrogens with one attached hydrogen (secondary N) is 1. The van der Waals surface area contributed by atoms with E-state index in [1.165, 1.54) is 11.3 Å². The molecule has 4 aromatic heterocycles. The van der Waals surface area contributed by atoms with Gasteiger partial charge in [0.1, 0.15) is 11.5 Å². The molecule has 0 aromatic carbocycles. The van der Waals surface area contributed by atoms with Crippen LogP contribution in [0.3, 0.4) is 0 Å². The maximum Gasteiger partial charge on any atom is 0.453 e. The quantitative estimate of drug-likeness (QED) is 0.463. The third-order valence-electron chi connectivity index (χ3n) is 4.90. The van der Waals surface area contributed by atoms with Crippen LogP contribution in [0.15, 0.2) is 21.9 Å². The first-order valence-corrected chi connectivity index (χ1v) is 10.6. The average Bonchev–Trinajstić information content (AvgIpc) is 3.44. The zero-order valence-electron chi connectivity index (χ0n) is 17.4. The minimum atomic E-state index is -4.65. The third kappa shape index (κ3) is 4.49. The van der Waals surface area contributed by atoms with Crippen molar-refractivity contribution in [1.82, 2.24) is 29.9 Å². The van der Waals surface area contributed by atoms with Gasteiger partial charge in [0.2, 0.25) is 5.91 Å². The molecule has 0 bridgehead atoms. The number of nitrogens with zero attached hydrogens (tertiary/aromatic N) is 5. The Labute approximate surface area is 184 Å². The summed E-state index contributed by atoms with van der Waals surface area (Å²) in [5.41, 5.74) is 2.39. The Balaban J connectivity index is 1.39. The number of fused-ring (bicyclic) bond motifs is 1. The molecule has 32 heavy (non-hydrogen) atoms. The standard InChI is InChI=1S/C20H19F3N6O2S/c1-10-14(11(2)29-19(25-10)27-18(28-29)20(21,22)23)5-7-17(30)24-8-13-4-6-16(31-13)15-9-32-12(3)26-15/h4,6,9H,5,7-8H2,1-3H3,(H,24,30). The molecule has 12 heteroatoms. The molecule has 0 aliphatic heterocycles. The van der Waals surface area contributed by atoms with E-state index < -0.39 is 12.0 Å². The van der Waals surface area contributed by atoms with Gasteiger partial charge in [-0.15, -0.1) is 16.4 Å². The smallest absolute Gasteiger partial charge is 0.453 e. The van der Waals surface area contributed by atoms with Crippen molar-refractivity contribution in [3.63, 3.8) is 0 Å². The van der Waals surface area contributed by atoms with Crippen molar-refractivity contribution < 1.29 is 22.4 Å². The van der Waals surface area contributed by atoms with Crippen LogP contribution in [-0.4, -0.2) is 30.5 Å². The Kier molecular flexibility index (Phi) is 5.71. The fourth-order valence-corrected chi connectivity index (χ4v) is 3.89. The van der Waals surface area contributed by atoms with E-state index in [4.69, 9.17) is 4.42 Å². The van der Waals surface area contributed by atoms with Crippen molar-refractivity contribution in [3.8, 4) is 11.5 Å². The van der Waals surface area contributed by atoms with Crippen LogP contribution in [0.4, 0.5) is 13.2 Å². The van der Waals surface area contributed by atoms with Gasteiger partial charge in [-0.1, -0.05) is 0 Å². The van der Waals surface area contributed by atoms with E-state index in [9.17, 15) is 18.0 Å². The molecule has 1 amide bonds. The normalized spacial score (nSPS) is 11.9. The number of carbonyl (C=O) groups excluding carboxylic acids is 1. The highest BCUT2D eigenvalue weighted by molar-refractivity contribution is 7.09. The number of furan rings is 1. The third-order valence-corrected chi connectivity index (χ3v) is 5.67. The van der Waals surface area contributed by atoms with Gasteiger partial charge in [0.15, 0.2) is 5.76 Å². The van der Waals surface area contributed by atoms with Gasteiger partial charge < -0.3 is 9.73 Å². The van der Waals surface area contributed by atoms with Gasteiger partial charge >= 0.3 is 6.18 Å². The van der Waals surface area contributed by atoms with Gasteiger partial charge in [0.25, 0.3) is 11.6 Å². The Morgan fingerprint density at radius 2 is 1.97 bits per heavy atom. The van der Waals surface area contributed by atoms with E-state index in [0.29, 0.717) is 34.9 Å². The summed E-state index contributed by atoms with van der Waals surface area (Å²) >= 11 is 1.52. The summed E-state index contributed by atoms with van der Waals surface area (Å²) < 4.78 is 45.5. The molecule has 0 aliphatic carbocycles. The topological polar surface area (TPSA) is 98.2 Å². The SMILES string of the molecule is Cc1nc(-c2ccc(CNC(=O)CCc3c(C)nc4nc(C(F)(F)F)nn4c3C)o2)cs1. The van der Waals surface area contributed by atoms with Crippen molar-refractivity contribution in [1.29, 1.82) is 0 Å². The first kappa shape index (κ1) is 21.9. The number of carbonyl (C=O) groups is 1. The minimum Gasteiger partial charge on any atom is -0.458 e. The minimum absolute atomic E-state index is 0.121. The Bertz CT molecular complexity index is 1290. The summed E-state index contributed by atoms with van der Waals surface area (Å²) in [5, 5.41) is 9.14. The molecule has 0 saturated heterocycles. The number of rotatable bonds is 6. The summed E-state index contributed by atoms with van der Waals surface area (Å²) in [7, 11) is 0. The highest BCUT2D eigenvalue weighted by Gasteiger charge is 2.37. The van der Waals surface area contributed by atoms with Crippen molar-refractivity contribution in [2.45, 2.75) is 46.3 Å². The monoisotopic (exact) mass is 464 g/mol. The summed E-state index contributed by atoms with van der Waals surface area (Å²) in [5.74, 6) is -0.356. The molecule has 0 saturated carbocycles. The first-order chi connectivity index (χ1) is 15.1. The van der Waals surface area contributed by atoms with Crippen LogP contribution < -0.4 is 5.32 Å². The Morgan fingerprint density at radius 1 is 1.19 bits per heavy atom. The van der Waals surface area contributed by atoms with Crippen molar-refractivity contribution in [2.75, 3.05) is 0 Å². The average molecular weight is 464 g/mol. The fraction of sp³-hybridized carbons (Fsp3) is 0.350. The van der Waals surface area contributed by atoms with Gasteiger partial charge in [0, 0.05) is 23.2 Å². The molecule has 0 radical (unpaired) electrons. The molecule has 0 atom stereocenters. The van der Waals surface area contributed by atoms with E-state index >= 15 is 0 Å². The van der Waals surface area contributed by atoms with Gasteiger partial charge in [-0.05, 0) is 44.9 Å². The van der Waals surface area contributed by atoms with Gasteiger partial charge in [0.05, 0.1) is 11.6 Å². The first-order valence-electron chi connectivity index (χ1n) is 9.70. The number of aryl methyl sites for hydroxylation is 3. The fourth-order valence-electron chi connectivity index (χ4n) is 3.29. The van der Waals surface area contributed by atoms with Crippen LogP contribution >= 0.6 is 11.3 Å². The second-order valence-electron chi connectivity index (χ2n) is 7.20. The van der Waals surface area contributed by atoms with Gasteiger partial charge in [-0.3, -0.25) is 4.79 Å². The zero-order chi connectivity index (χ0) is 23.0. The zero-order valence-corrected chi connectivity index (χ0v) is 18.3. The lowest BCUT2D eigenvalue weighted by Crippen LogP contribution is -2.23. The van der Waals surface area contributed by atoms with Crippen LogP contribution in [0.2, 0.25) is 0 Å². The van der Waals surface area contributed by atoms with Gasteiger partial charge in [-0.2, -0.15) is 18.2 Å². The van der Waals surface area contributed by atoms with E-state index in [-0.39, 0.29) is 24.7 Å². The second kappa shape index (κ2) is 8.34. The lowest BCUT2D eigenvalue weighted by molar-refractivity contribution is -0.144. The molecule has 4 heterocycles. The van der Waals surface area contributed by atoms with Crippen LogP contribution in [0.25, 0.3) is 17.2 Å². The summed E-state index contributed by atoms with van der Waals surface area (Å²) in [6, 6.07) is 3.58. The molecule has 0 aliphatic rings. The van der Waals surface area contributed by atoms with Crippen LogP contribution in [-0.2, 0) is 23.9 Å². The number of alkyl halides is 3. The predicted octanol–water partition coefficient (Wildman–Crippen LogP) is 4.03. The molecule has 1 N–H and O–H groups in total. The number of halogens is 3. The van der Waals surface area contributed by atoms with E-state index in [2.05, 4.69) is 25.4 Å². The van der Waals surface area contributed by atoms with Crippen LogP contribution in [0.5, 0.6) is 0 Å². The number of thiazole rings is 1. The molecular formula is C20H19F3N6O2S. The largest absolute Gasteiger partial charge is 0.458 e. The molecule has 4 rings (SSSR count). The molecule has 168 valence electrons. The summed E-state index contributed by atoms with van der Waals surface area (Å²) in [6.45, 7) is 5.43. The molecule has 0 unspecified atom stereocenters. The van der Waals surface area contributed by atoms with Crippen LogP contribution in [0.1, 0.15) is 40.0 Å². The molecule has 0 fully saturated rings. The van der Waals surface area contributed by atoms with Crippen LogP contribution in [0, 0.1) is 20.8 Å². The molecule has 0 spiro atoms. The molecule has 8 nitrogen and oxygen atoms in total. The Hall–Kier alpha value is -3.28. The number of hydrogen-bond donors (Lipinski definition) is 1. The molecular weight excluding hydrogens is 445 g/mol. The number of aromatic nitrogens is 5. The number of hydrogen-bond acceptors (Lipinski definition) is 7. The van der Waals surface area contributed by atoms with Crippen molar-refractivity contribution in [2.24, 2.45) is 0 Å². The lowest BCUT2D eigenvalue weighted by atomic mass is 10.1. The maximum atomic E-state index is 12.9. The van der Waals surface area contributed by atoms with Crippen molar-refractivity contribution in [3.05, 3.63) is 51.1 Å². The number of amides is 1. The van der Waals surface area contributed by atoms with E-state index in [0.717, 1.165) is 15.2 Å². The van der Waals surface area contributed by atoms with Gasteiger partial charge in [-0.25, -0.2) is 14.5 Å². The lowest BCUT2D eigenvalue weighted by Gasteiger charge is -2.10. The van der Waals surface area contributed by atoms with E-state index in [1.54, 1.807) is 26.0 Å². The van der Waals surface area contributed by atoms with Crippen molar-refractivity contribution >= 4 is 23.0 Å². The van der Waals surface area contributed by atoms with E-state index in [1.807, 2.05) is 12.3 Å². The highest BCUT2D eigenvalue weighted by Crippen LogP contribution is 2.27. The maximum absolute atomic E-state index is 12.9. The predicted molar refractivity (Wildman–Crippen MR) is 110 cm³/mol. The summed E-state index contributed by atoms with van der Waals surface area (Å²) in [6.07, 6.45) is -4.22. The second-order valence-corrected chi connectivity index (χ2v) is 8.26. The molecule has 4 aromatic rings. The summed E-state index contributed by atoms with van der Waals surface area (Å²) in [4.78, 5) is 24.3. The Morgan fingerprint density at radius 3 is 2.66 bits per heavy atom. The highest BCUT2D eigenvalue weighted by atomic mass is 32.1.